The average molecular weight is 378 g/mol. The highest BCUT2D eigenvalue weighted by molar-refractivity contribution is 5.83. The molecular formula is C21H26N6O. The standard InChI is InChI=1S/C21H26N6O/c1-2-5-17(6-3-1)13-25-8-10-26(11-9-25)20-19-21(23-15-22-20)27(16-24-19)14-18-7-4-12-28-18/h1-3,5-6,15-16,18H,4,7-14H2. The lowest BCUT2D eigenvalue weighted by atomic mass is 10.2. The first-order valence-corrected chi connectivity index (χ1v) is 10.2. The summed E-state index contributed by atoms with van der Waals surface area (Å²) in [6.07, 6.45) is 6.08. The fourth-order valence-electron chi connectivity index (χ4n) is 4.20. The van der Waals surface area contributed by atoms with Crippen molar-refractivity contribution in [1.82, 2.24) is 24.4 Å². The van der Waals surface area contributed by atoms with Crippen molar-refractivity contribution in [2.75, 3.05) is 37.7 Å². The first-order chi connectivity index (χ1) is 13.9. The minimum atomic E-state index is 0.275. The number of anilines is 1. The summed E-state index contributed by atoms with van der Waals surface area (Å²) in [5, 5.41) is 0. The molecule has 2 aliphatic heterocycles. The number of hydrogen-bond donors (Lipinski definition) is 0. The zero-order valence-corrected chi connectivity index (χ0v) is 16.1. The molecule has 3 aromatic rings. The van der Waals surface area contributed by atoms with Crippen LogP contribution < -0.4 is 4.90 Å². The van der Waals surface area contributed by atoms with Gasteiger partial charge >= 0.3 is 0 Å². The van der Waals surface area contributed by atoms with Gasteiger partial charge in [-0.25, -0.2) is 15.0 Å². The molecule has 2 aromatic heterocycles. The van der Waals surface area contributed by atoms with Crippen LogP contribution in [0.4, 0.5) is 5.82 Å². The van der Waals surface area contributed by atoms with Crippen molar-refractivity contribution in [3.05, 3.63) is 48.5 Å². The SMILES string of the molecule is c1ccc(CN2CCN(c3ncnc4c3ncn4CC3CCCO3)CC2)cc1. The molecule has 1 unspecified atom stereocenters. The Bertz CT molecular complexity index is 913. The van der Waals surface area contributed by atoms with E-state index in [0.717, 1.165) is 75.7 Å². The summed E-state index contributed by atoms with van der Waals surface area (Å²) < 4.78 is 7.89. The van der Waals surface area contributed by atoms with Gasteiger partial charge in [0.2, 0.25) is 0 Å². The second-order valence-electron chi connectivity index (χ2n) is 7.65. The van der Waals surface area contributed by atoms with E-state index in [1.807, 2.05) is 6.33 Å². The summed E-state index contributed by atoms with van der Waals surface area (Å²) >= 11 is 0. The van der Waals surface area contributed by atoms with Gasteiger partial charge in [-0.3, -0.25) is 4.90 Å². The number of imidazole rings is 1. The second-order valence-corrected chi connectivity index (χ2v) is 7.65. The number of piperazine rings is 1. The van der Waals surface area contributed by atoms with Crippen LogP contribution in [0.15, 0.2) is 43.0 Å². The first kappa shape index (κ1) is 17.6. The summed E-state index contributed by atoms with van der Waals surface area (Å²) in [7, 11) is 0. The molecule has 1 aromatic carbocycles. The Hall–Kier alpha value is -2.51. The minimum absolute atomic E-state index is 0.275. The lowest BCUT2D eigenvalue weighted by Gasteiger charge is -2.35. The van der Waals surface area contributed by atoms with Crippen molar-refractivity contribution in [3.8, 4) is 0 Å². The van der Waals surface area contributed by atoms with Crippen LogP contribution in [0.25, 0.3) is 11.2 Å². The fraction of sp³-hybridized carbons (Fsp3) is 0.476. The molecule has 0 bridgehead atoms. The zero-order valence-electron chi connectivity index (χ0n) is 16.1. The van der Waals surface area contributed by atoms with Crippen molar-refractivity contribution in [2.45, 2.75) is 32.0 Å². The van der Waals surface area contributed by atoms with E-state index in [1.54, 1.807) is 6.33 Å². The number of ether oxygens (including phenoxy) is 1. The van der Waals surface area contributed by atoms with Crippen molar-refractivity contribution in [1.29, 1.82) is 0 Å². The molecule has 2 saturated heterocycles. The molecule has 5 rings (SSSR count). The highest BCUT2D eigenvalue weighted by atomic mass is 16.5. The maximum Gasteiger partial charge on any atom is 0.165 e. The number of benzene rings is 1. The lowest BCUT2D eigenvalue weighted by molar-refractivity contribution is 0.0978. The van der Waals surface area contributed by atoms with Gasteiger partial charge in [-0.2, -0.15) is 0 Å². The summed E-state index contributed by atoms with van der Waals surface area (Å²) in [5.41, 5.74) is 3.18. The molecule has 1 atom stereocenters. The van der Waals surface area contributed by atoms with Crippen molar-refractivity contribution in [3.63, 3.8) is 0 Å². The Balaban J connectivity index is 1.28. The Morgan fingerprint density at radius 1 is 1.00 bits per heavy atom. The second kappa shape index (κ2) is 7.85. The number of rotatable bonds is 5. The molecule has 0 spiro atoms. The van der Waals surface area contributed by atoms with E-state index in [9.17, 15) is 0 Å². The molecular weight excluding hydrogens is 352 g/mol. The fourth-order valence-corrected chi connectivity index (χ4v) is 4.20. The Labute approximate surface area is 165 Å². The monoisotopic (exact) mass is 378 g/mol. The van der Waals surface area contributed by atoms with Crippen LogP contribution in [0.5, 0.6) is 0 Å². The molecule has 28 heavy (non-hydrogen) atoms. The van der Waals surface area contributed by atoms with E-state index >= 15 is 0 Å². The molecule has 7 heteroatoms. The van der Waals surface area contributed by atoms with E-state index in [1.165, 1.54) is 5.56 Å². The van der Waals surface area contributed by atoms with E-state index < -0.39 is 0 Å². The molecule has 0 aliphatic carbocycles. The summed E-state index contributed by atoms with van der Waals surface area (Å²) in [4.78, 5) is 18.6. The third-order valence-electron chi connectivity index (χ3n) is 5.73. The third kappa shape index (κ3) is 3.59. The molecule has 0 saturated carbocycles. The van der Waals surface area contributed by atoms with Gasteiger partial charge < -0.3 is 14.2 Å². The highest BCUT2D eigenvalue weighted by Crippen LogP contribution is 2.24. The predicted molar refractivity (Wildman–Crippen MR) is 108 cm³/mol. The van der Waals surface area contributed by atoms with Crippen LogP contribution in [0.2, 0.25) is 0 Å². The Morgan fingerprint density at radius 3 is 2.64 bits per heavy atom. The molecule has 7 nitrogen and oxygen atoms in total. The van der Waals surface area contributed by atoms with Gasteiger partial charge in [-0.1, -0.05) is 30.3 Å². The van der Waals surface area contributed by atoms with Crippen molar-refractivity contribution in [2.24, 2.45) is 0 Å². The predicted octanol–water partition coefficient (Wildman–Crippen LogP) is 2.33. The maximum absolute atomic E-state index is 5.77. The van der Waals surface area contributed by atoms with Crippen LogP contribution in [-0.4, -0.2) is 63.3 Å². The third-order valence-corrected chi connectivity index (χ3v) is 5.73. The van der Waals surface area contributed by atoms with E-state index in [0.29, 0.717) is 0 Å². The Kier molecular flexibility index (Phi) is 4.93. The maximum atomic E-state index is 5.77. The van der Waals surface area contributed by atoms with Crippen LogP contribution in [-0.2, 0) is 17.8 Å². The quantitative estimate of drug-likeness (QED) is 0.679. The minimum Gasteiger partial charge on any atom is -0.376 e. The van der Waals surface area contributed by atoms with Crippen molar-refractivity contribution >= 4 is 17.0 Å². The van der Waals surface area contributed by atoms with Crippen LogP contribution >= 0.6 is 0 Å². The van der Waals surface area contributed by atoms with Crippen LogP contribution in [0.1, 0.15) is 18.4 Å². The van der Waals surface area contributed by atoms with Gasteiger partial charge in [0.15, 0.2) is 17.0 Å². The summed E-state index contributed by atoms with van der Waals surface area (Å²) in [6.45, 7) is 6.65. The van der Waals surface area contributed by atoms with Crippen molar-refractivity contribution < 1.29 is 4.74 Å². The van der Waals surface area contributed by atoms with Gasteiger partial charge in [-0.15, -0.1) is 0 Å². The molecule has 0 radical (unpaired) electrons. The molecule has 146 valence electrons. The van der Waals surface area contributed by atoms with Gasteiger partial charge in [0.05, 0.1) is 19.0 Å². The molecule has 2 aliphatic rings. The van der Waals surface area contributed by atoms with E-state index in [2.05, 4.69) is 59.7 Å². The van der Waals surface area contributed by atoms with Gasteiger partial charge in [-0.05, 0) is 18.4 Å². The van der Waals surface area contributed by atoms with Crippen LogP contribution in [0.3, 0.4) is 0 Å². The largest absolute Gasteiger partial charge is 0.376 e. The lowest BCUT2D eigenvalue weighted by Crippen LogP contribution is -2.46. The van der Waals surface area contributed by atoms with Gasteiger partial charge in [0.1, 0.15) is 6.33 Å². The number of nitrogens with zero attached hydrogens (tertiary/aromatic N) is 6. The molecule has 2 fully saturated rings. The summed E-state index contributed by atoms with van der Waals surface area (Å²) in [5.74, 6) is 0.954. The molecule has 0 N–H and O–H groups in total. The molecule has 4 heterocycles. The van der Waals surface area contributed by atoms with E-state index in [-0.39, 0.29) is 6.10 Å². The zero-order chi connectivity index (χ0) is 18.8. The smallest absolute Gasteiger partial charge is 0.165 e. The average Bonchev–Trinajstić information content (AvgIpc) is 3.40. The topological polar surface area (TPSA) is 59.3 Å². The highest BCUT2D eigenvalue weighted by Gasteiger charge is 2.23. The van der Waals surface area contributed by atoms with Crippen LogP contribution in [0, 0.1) is 0 Å². The number of hydrogen-bond acceptors (Lipinski definition) is 6. The summed E-state index contributed by atoms with van der Waals surface area (Å²) in [6, 6.07) is 10.7. The van der Waals surface area contributed by atoms with E-state index in [4.69, 9.17) is 4.74 Å². The van der Waals surface area contributed by atoms with Gasteiger partial charge in [0, 0.05) is 39.3 Å². The van der Waals surface area contributed by atoms with Gasteiger partial charge in [0.25, 0.3) is 0 Å². The number of aromatic nitrogens is 4. The normalized spacial score (nSPS) is 20.9. The molecule has 0 amide bonds. The number of fused-ring (bicyclic) bond motifs is 1. The Morgan fingerprint density at radius 2 is 1.86 bits per heavy atom. The first-order valence-electron chi connectivity index (χ1n) is 10.2.